The lowest BCUT2D eigenvalue weighted by atomic mass is 10.1. The molecule has 0 N–H and O–H groups in total. The smallest absolute Gasteiger partial charge is 0.419 e. The van der Waals surface area contributed by atoms with Crippen LogP contribution in [0.1, 0.15) is 11.1 Å². The van der Waals surface area contributed by atoms with E-state index in [1.165, 1.54) is 19.2 Å². The third kappa shape index (κ3) is 2.35. The monoisotopic (exact) mass is 222 g/mol. The lowest BCUT2D eigenvalue weighted by Crippen LogP contribution is -2.07. The Hall–Kier alpha value is -0.840. The highest BCUT2D eigenvalue weighted by atomic mass is 32.1. The van der Waals surface area contributed by atoms with E-state index in [1.807, 2.05) is 0 Å². The fourth-order valence-electron chi connectivity index (χ4n) is 1.07. The second-order valence-corrected chi connectivity index (χ2v) is 3.01. The van der Waals surface area contributed by atoms with Crippen molar-refractivity contribution in [2.24, 2.45) is 0 Å². The summed E-state index contributed by atoms with van der Waals surface area (Å²) in [7, 11) is 1.22. The summed E-state index contributed by atoms with van der Waals surface area (Å²) in [6, 6.07) is 3.73. The molecule has 5 heteroatoms. The van der Waals surface area contributed by atoms with Gasteiger partial charge in [-0.3, -0.25) is 0 Å². The van der Waals surface area contributed by atoms with Crippen LogP contribution in [0, 0.1) is 0 Å². The van der Waals surface area contributed by atoms with Crippen LogP contribution < -0.4 is 4.74 Å². The Morgan fingerprint density at radius 2 is 2.00 bits per heavy atom. The van der Waals surface area contributed by atoms with Crippen molar-refractivity contribution in [3.63, 3.8) is 0 Å². The van der Waals surface area contributed by atoms with E-state index in [-0.39, 0.29) is 5.75 Å². The van der Waals surface area contributed by atoms with E-state index < -0.39 is 11.7 Å². The standard InChI is InChI=1S/C9H9F3OS/c1-13-8-4-6(5-14)2-3-7(8)9(10,11)12/h2-4,14H,5H2,1H3. The van der Waals surface area contributed by atoms with Gasteiger partial charge in [-0.2, -0.15) is 25.8 Å². The Bertz CT molecular complexity index is 322. The molecule has 0 saturated heterocycles. The van der Waals surface area contributed by atoms with Crippen LogP contribution >= 0.6 is 12.6 Å². The molecule has 0 spiro atoms. The fraction of sp³-hybridized carbons (Fsp3) is 0.333. The predicted molar refractivity (Wildman–Crippen MR) is 50.7 cm³/mol. The molecule has 0 aliphatic rings. The quantitative estimate of drug-likeness (QED) is 0.756. The van der Waals surface area contributed by atoms with Gasteiger partial charge in [0.15, 0.2) is 0 Å². The first kappa shape index (κ1) is 11.2. The second kappa shape index (κ2) is 4.13. The SMILES string of the molecule is COc1cc(CS)ccc1C(F)(F)F. The zero-order valence-electron chi connectivity index (χ0n) is 7.43. The molecule has 1 rings (SSSR count). The molecule has 0 aliphatic carbocycles. The predicted octanol–water partition coefficient (Wildman–Crippen LogP) is 3.14. The zero-order valence-corrected chi connectivity index (χ0v) is 8.32. The zero-order chi connectivity index (χ0) is 10.8. The fourth-order valence-corrected chi connectivity index (χ4v) is 1.26. The Morgan fingerprint density at radius 3 is 2.43 bits per heavy atom. The van der Waals surface area contributed by atoms with E-state index in [2.05, 4.69) is 17.4 Å². The van der Waals surface area contributed by atoms with E-state index >= 15 is 0 Å². The minimum atomic E-state index is -4.37. The minimum absolute atomic E-state index is 0.163. The molecule has 14 heavy (non-hydrogen) atoms. The summed E-state index contributed by atoms with van der Waals surface area (Å²) in [6.45, 7) is 0. The number of hydrogen-bond acceptors (Lipinski definition) is 2. The van der Waals surface area contributed by atoms with Gasteiger partial charge in [0.2, 0.25) is 0 Å². The number of alkyl halides is 3. The third-order valence-electron chi connectivity index (χ3n) is 1.75. The molecule has 0 atom stereocenters. The van der Waals surface area contributed by atoms with Gasteiger partial charge in [0, 0.05) is 5.75 Å². The van der Waals surface area contributed by atoms with Gasteiger partial charge in [0.1, 0.15) is 5.75 Å². The Labute approximate surface area is 85.3 Å². The molecule has 1 nitrogen and oxygen atoms in total. The van der Waals surface area contributed by atoms with Gasteiger partial charge in [0.05, 0.1) is 12.7 Å². The average Bonchev–Trinajstić information content (AvgIpc) is 2.15. The van der Waals surface area contributed by atoms with Crippen LogP contribution in [0.15, 0.2) is 18.2 Å². The van der Waals surface area contributed by atoms with Crippen LogP contribution in [0.3, 0.4) is 0 Å². The number of thiol groups is 1. The highest BCUT2D eigenvalue weighted by Gasteiger charge is 2.34. The Balaban J connectivity index is 3.18. The van der Waals surface area contributed by atoms with Crippen molar-refractivity contribution in [1.29, 1.82) is 0 Å². The summed E-state index contributed by atoms with van der Waals surface area (Å²) in [5.41, 5.74) is -0.0660. The molecule has 0 fully saturated rings. The Kier molecular flexibility index (Phi) is 3.31. The Morgan fingerprint density at radius 1 is 1.36 bits per heavy atom. The van der Waals surface area contributed by atoms with Crippen molar-refractivity contribution in [2.75, 3.05) is 7.11 Å². The summed E-state index contributed by atoms with van der Waals surface area (Å²) in [4.78, 5) is 0. The third-order valence-corrected chi connectivity index (χ3v) is 2.12. The molecular weight excluding hydrogens is 213 g/mol. The normalized spacial score (nSPS) is 11.5. The first-order valence-corrected chi connectivity index (χ1v) is 4.47. The van der Waals surface area contributed by atoms with Crippen molar-refractivity contribution in [3.8, 4) is 5.75 Å². The van der Waals surface area contributed by atoms with Gasteiger partial charge in [0.25, 0.3) is 0 Å². The molecular formula is C9H9F3OS. The van der Waals surface area contributed by atoms with Gasteiger partial charge in [-0.1, -0.05) is 6.07 Å². The molecule has 0 saturated carbocycles. The number of benzene rings is 1. The summed E-state index contributed by atoms with van der Waals surface area (Å²) < 4.78 is 41.8. The summed E-state index contributed by atoms with van der Waals surface area (Å²) >= 11 is 3.97. The molecule has 1 aromatic rings. The van der Waals surface area contributed by atoms with E-state index in [4.69, 9.17) is 0 Å². The number of hydrogen-bond donors (Lipinski definition) is 1. The van der Waals surface area contributed by atoms with Crippen molar-refractivity contribution in [2.45, 2.75) is 11.9 Å². The molecule has 0 heterocycles. The van der Waals surface area contributed by atoms with Gasteiger partial charge in [-0.25, -0.2) is 0 Å². The number of rotatable bonds is 2. The van der Waals surface area contributed by atoms with Crippen molar-refractivity contribution >= 4 is 12.6 Å². The highest BCUT2D eigenvalue weighted by Crippen LogP contribution is 2.36. The van der Waals surface area contributed by atoms with Gasteiger partial charge >= 0.3 is 6.18 Å². The molecule has 0 aromatic heterocycles. The molecule has 0 radical (unpaired) electrons. The topological polar surface area (TPSA) is 9.23 Å². The van der Waals surface area contributed by atoms with Gasteiger partial charge in [-0.15, -0.1) is 0 Å². The summed E-state index contributed by atoms with van der Waals surface area (Å²) in [5.74, 6) is 0.221. The first-order chi connectivity index (χ1) is 6.49. The number of methoxy groups -OCH3 is 1. The van der Waals surface area contributed by atoms with Crippen LogP contribution in [-0.4, -0.2) is 7.11 Å². The lowest BCUT2D eigenvalue weighted by molar-refractivity contribution is -0.138. The van der Waals surface area contributed by atoms with Crippen molar-refractivity contribution < 1.29 is 17.9 Å². The maximum absolute atomic E-state index is 12.4. The van der Waals surface area contributed by atoms with Gasteiger partial charge < -0.3 is 4.74 Å². The van der Waals surface area contributed by atoms with E-state index in [9.17, 15) is 13.2 Å². The summed E-state index contributed by atoms with van der Waals surface area (Å²) in [6.07, 6.45) is -4.37. The first-order valence-electron chi connectivity index (χ1n) is 3.84. The van der Waals surface area contributed by atoms with Crippen LogP contribution in [0.5, 0.6) is 5.75 Å². The molecule has 0 amide bonds. The highest BCUT2D eigenvalue weighted by molar-refractivity contribution is 7.79. The molecule has 0 bridgehead atoms. The molecule has 78 valence electrons. The minimum Gasteiger partial charge on any atom is -0.496 e. The van der Waals surface area contributed by atoms with Crippen molar-refractivity contribution in [1.82, 2.24) is 0 Å². The molecule has 1 aromatic carbocycles. The van der Waals surface area contributed by atoms with E-state index in [0.717, 1.165) is 6.07 Å². The van der Waals surface area contributed by atoms with Crippen molar-refractivity contribution in [3.05, 3.63) is 29.3 Å². The maximum atomic E-state index is 12.4. The molecule has 0 aliphatic heterocycles. The largest absolute Gasteiger partial charge is 0.496 e. The second-order valence-electron chi connectivity index (χ2n) is 2.69. The maximum Gasteiger partial charge on any atom is 0.419 e. The average molecular weight is 222 g/mol. The lowest BCUT2D eigenvalue weighted by Gasteiger charge is -2.12. The van der Waals surface area contributed by atoms with Crippen LogP contribution in [0.4, 0.5) is 13.2 Å². The number of halogens is 3. The molecule has 0 unspecified atom stereocenters. The summed E-state index contributed by atoms with van der Waals surface area (Å²) in [5, 5.41) is 0. The van der Waals surface area contributed by atoms with Crippen LogP contribution in [0.2, 0.25) is 0 Å². The van der Waals surface area contributed by atoms with Gasteiger partial charge in [-0.05, 0) is 17.7 Å². The van der Waals surface area contributed by atoms with Crippen LogP contribution in [-0.2, 0) is 11.9 Å². The van der Waals surface area contributed by atoms with Crippen LogP contribution in [0.25, 0.3) is 0 Å². The van der Waals surface area contributed by atoms with E-state index in [1.54, 1.807) is 0 Å². The van der Waals surface area contributed by atoms with E-state index in [0.29, 0.717) is 11.3 Å². The number of ether oxygens (including phenoxy) is 1.